The lowest BCUT2D eigenvalue weighted by molar-refractivity contribution is -0.139. The molecule has 0 aromatic carbocycles. The molecule has 0 bridgehead atoms. The fourth-order valence-electron chi connectivity index (χ4n) is 4.48. The summed E-state index contributed by atoms with van der Waals surface area (Å²) in [5.74, 6) is 0.201. The second kappa shape index (κ2) is 7.04. The van der Waals surface area contributed by atoms with E-state index in [9.17, 15) is 18.0 Å². The summed E-state index contributed by atoms with van der Waals surface area (Å²) in [6.45, 7) is 6.02. The highest BCUT2D eigenvalue weighted by molar-refractivity contribution is 7.15. The summed E-state index contributed by atoms with van der Waals surface area (Å²) in [5, 5.41) is 9.61. The minimum absolute atomic E-state index is 0. The summed E-state index contributed by atoms with van der Waals surface area (Å²) in [4.78, 5) is 16.7. The zero-order valence-electron chi connectivity index (χ0n) is 15.0. The smallest absolute Gasteiger partial charge is 0.343 e. The van der Waals surface area contributed by atoms with Crippen LogP contribution < -0.4 is 10.2 Å². The second-order valence-corrected chi connectivity index (χ2v) is 8.66. The molecule has 0 radical (unpaired) electrons. The van der Waals surface area contributed by atoms with E-state index in [0.29, 0.717) is 37.5 Å². The highest BCUT2D eigenvalue weighted by Gasteiger charge is 2.68. The Balaban J connectivity index is 0.00000210. The molecule has 2 saturated heterocycles. The number of rotatable bonds is 2. The van der Waals surface area contributed by atoms with Crippen LogP contribution in [-0.2, 0) is 11.0 Å². The third-order valence-electron chi connectivity index (χ3n) is 6.26. The number of hydrogen-bond donors (Lipinski definition) is 1. The lowest BCUT2D eigenvalue weighted by Crippen LogP contribution is -2.51. The number of piperazine rings is 1. The number of anilines is 1. The van der Waals surface area contributed by atoms with Crippen molar-refractivity contribution in [3.05, 3.63) is 5.01 Å². The van der Waals surface area contributed by atoms with E-state index >= 15 is 0 Å². The Morgan fingerprint density at radius 1 is 1.15 bits per heavy atom. The third kappa shape index (κ3) is 3.51. The molecule has 3 aliphatic rings. The molecule has 27 heavy (non-hydrogen) atoms. The molecule has 3 heterocycles. The van der Waals surface area contributed by atoms with Crippen LogP contribution in [0.25, 0.3) is 0 Å². The lowest BCUT2D eigenvalue weighted by Gasteiger charge is -2.37. The van der Waals surface area contributed by atoms with Gasteiger partial charge in [0.1, 0.15) is 0 Å². The number of carbonyl (C=O) groups excluding carboxylic acids is 1. The monoisotopic (exact) mass is 425 g/mol. The van der Waals surface area contributed by atoms with E-state index in [-0.39, 0.29) is 34.3 Å². The minimum Gasteiger partial charge on any atom is -0.343 e. The topological polar surface area (TPSA) is 61.4 Å². The van der Waals surface area contributed by atoms with Gasteiger partial charge in [-0.1, -0.05) is 18.3 Å². The molecule has 1 atom stereocenters. The van der Waals surface area contributed by atoms with Gasteiger partial charge in [-0.15, -0.1) is 22.6 Å². The van der Waals surface area contributed by atoms with Crippen molar-refractivity contribution >= 4 is 34.8 Å². The van der Waals surface area contributed by atoms with Gasteiger partial charge in [0, 0.05) is 26.2 Å². The van der Waals surface area contributed by atoms with E-state index < -0.39 is 11.2 Å². The first-order valence-electron chi connectivity index (χ1n) is 8.91. The van der Waals surface area contributed by atoms with Gasteiger partial charge >= 0.3 is 6.18 Å². The lowest BCUT2D eigenvalue weighted by atomic mass is 9.85. The van der Waals surface area contributed by atoms with E-state index in [1.165, 1.54) is 0 Å². The molecule has 6 nitrogen and oxygen atoms in total. The van der Waals surface area contributed by atoms with Crippen LogP contribution in [-0.4, -0.2) is 60.3 Å². The predicted octanol–water partition coefficient (Wildman–Crippen LogP) is 2.41. The quantitative estimate of drug-likeness (QED) is 0.788. The van der Waals surface area contributed by atoms with Crippen molar-refractivity contribution in [1.82, 2.24) is 20.4 Å². The molecule has 4 rings (SSSR count). The van der Waals surface area contributed by atoms with Gasteiger partial charge in [0.05, 0.1) is 5.41 Å². The van der Waals surface area contributed by atoms with Crippen LogP contribution in [0.4, 0.5) is 18.3 Å². The van der Waals surface area contributed by atoms with Crippen LogP contribution in [0, 0.1) is 10.8 Å². The molecular weight excluding hydrogens is 403 g/mol. The highest BCUT2D eigenvalue weighted by atomic mass is 35.5. The van der Waals surface area contributed by atoms with Gasteiger partial charge in [-0.25, -0.2) is 0 Å². The fraction of sp³-hybridized carbons (Fsp3) is 0.812. The van der Waals surface area contributed by atoms with Gasteiger partial charge in [0.2, 0.25) is 16.0 Å². The number of nitrogens with zero attached hydrogens (tertiary/aromatic N) is 4. The average molecular weight is 426 g/mol. The van der Waals surface area contributed by atoms with Crippen LogP contribution in [0.5, 0.6) is 0 Å². The van der Waals surface area contributed by atoms with E-state index in [1.807, 2.05) is 4.90 Å². The molecule has 1 aromatic heterocycles. The van der Waals surface area contributed by atoms with Gasteiger partial charge in [-0.2, -0.15) is 13.2 Å². The maximum atomic E-state index is 13.0. The third-order valence-corrected chi connectivity index (χ3v) is 7.29. The van der Waals surface area contributed by atoms with Crippen molar-refractivity contribution in [2.24, 2.45) is 10.8 Å². The number of aromatic nitrogens is 2. The SMILES string of the molecule is CC1(C(=O)N2CCN(c3nnc(C(F)(F)F)s3)CC2)CC12CCNCC2.Cl. The zero-order chi connectivity index (χ0) is 18.6. The molecule has 1 saturated carbocycles. The summed E-state index contributed by atoms with van der Waals surface area (Å²) in [6, 6.07) is 0. The molecule has 2 aliphatic heterocycles. The fourth-order valence-corrected chi connectivity index (χ4v) is 5.24. The molecule has 1 aromatic rings. The number of nitrogens with one attached hydrogen (secondary N) is 1. The van der Waals surface area contributed by atoms with Crippen molar-refractivity contribution in [2.75, 3.05) is 44.2 Å². The molecular formula is C16H23ClF3N5OS. The predicted molar refractivity (Wildman–Crippen MR) is 98.2 cm³/mol. The van der Waals surface area contributed by atoms with Crippen molar-refractivity contribution in [3.63, 3.8) is 0 Å². The summed E-state index contributed by atoms with van der Waals surface area (Å²) >= 11 is 0.560. The molecule has 1 unspecified atom stereocenters. The Labute approximate surface area is 165 Å². The average Bonchev–Trinajstić information content (AvgIpc) is 3.00. The minimum atomic E-state index is -4.46. The van der Waals surface area contributed by atoms with Gasteiger partial charge in [-0.3, -0.25) is 4.79 Å². The maximum absolute atomic E-state index is 13.0. The largest absolute Gasteiger partial charge is 0.445 e. The van der Waals surface area contributed by atoms with Crippen molar-refractivity contribution in [1.29, 1.82) is 0 Å². The molecule has 1 aliphatic carbocycles. The second-order valence-electron chi connectivity index (χ2n) is 7.71. The molecule has 3 fully saturated rings. The van der Waals surface area contributed by atoms with E-state index in [1.54, 1.807) is 4.90 Å². The Morgan fingerprint density at radius 2 is 1.78 bits per heavy atom. The van der Waals surface area contributed by atoms with Crippen LogP contribution in [0.1, 0.15) is 31.2 Å². The number of piperidine rings is 1. The van der Waals surface area contributed by atoms with E-state index in [2.05, 4.69) is 22.4 Å². The Kier molecular flexibility index (Phi) is 5.37. The number of hydrogen-bond acceptors (Lipinski definition) is 6. The standard InChI is InChI=1S/C16H22F3N5OS.ClH/c1-14(10-15(14)2-4-20-5-3-15)12(25)23-6-8-24(9-7-23)13-22-21-11(26-13)16(17,18)19;/h20H,2-10H2,1H3;1H. The van der Waals surface area contributed by atoms with Crippen LogP contribution in [0.3, 0.4) is 0 Å². The first-order valence-corrected chi connectivity index (χ1v) is 9.73. The summed E-state index contributed by atoms with van der Waals surface area (Å²) in [5.41, 5.74) is -0.128. The van der Waals surface area contributed by atoms with Gasteiger partial charge in [0.25, 0.3) is 0 Å². The van der Waals surface area contributed by atoms with E-state index in [4.69, 9.17) is 0 Å². The van der Waals surface area contributed by atoms with Crippen molar-refractivity contribution in [2.45, 2.75) is 32.4 Å². The summed E-state index contributed by atoms with van der Waals surface area (Å²) in [7, 11) is 0. The Bertz CT molecular complexity index is 700. The van der Waals surface area contributed by atoms with Gasteiger partial charge < -0.3 is 15.1 Å². The number of carbonyl (C=O) groups is 1. The first-order chi connectivity index (χ1) is 12.3. The van der Waals surface area contributed by atoms with Crippen molar-refractivity contribution < 1.29 is 18.0 Å². The highest BCUT2D eigenvalue weighted by Crippen LogP contribution is 2.69. The maximum Gasteiger partial charge on any atom is 0.445 e. The number of halogens is 4. The zero-order valence-corrected chi connectivity index (χ0v) is 16.6. The van der Waals surface area contributed by atoms with E-state index in [0.717, 1.165) is 32.4 Å². The van der Waals surface area contributed by atoms with Gasteiger partial charge in [-0.05, 0) is 37.8 Å². The molecule has 1 amide bonds. The number of alkyl halides is 3. The molecule has 1 N–H and O–H groups in total. The van der Waals surface area contributed by atoms with Gasteiger partial charge in [0.15, 0.2) is 0 Å². The first kappa shape index (κ1) is 20.6. The summed E-state index contributed by atoms with van der Waals surface area (Å²) < 4.78 is 38.0. The summed E-state index contributed by atoms with van der Waals surface area (Å²) in [6.07, 6.45) is -1.43. The van der Waals surface area contributed by atoms with Crippen LogP contribution >= 0.6 is 23.7 Å². The number of amides is 1. The Hall–Kier alpha value is -1.13. The van der Waals surface area contributed by atoms with Crippen LogP contribution in [0.15, 0.2) is 0 Å². The van der Waals surface area contributed by atoms with Crippen LogP contribution in [0.2, 0.25) is 0 Å². The normalized spacial score (nSPS) is 27.4. The molecule has 152 valence electrons. The Morgan fingerprint density at radius 3 is 2.33 bits per heavy atom. The van der Waals surface area contributed by atoms with Crippen molar-refractivity contribution in [3.8, 4) is 0 Å². The molecule has 11 heteroatoms. The molecule has 1 spiro atoms.